The molecule has 0 saturated carbocycles. The molecule has 0 fully saturated rings. The normalized spacial score (nSPS) is 12.8. The Morgan fingerprint density at radius 1 is 1.10 bits per heavy atom. The lowest BCUT2D eigenvalue weighted by Gasteiger charge is -2.12. The molecule has 0 aliphatic heterocycles. The first-order chi connectivity index (χ1) is 9.65. The van der Waals surface area contributed by atoms with Gasteiger partial charge in [-0.25, -0.2) is 0 Å². The Hall–Kier alpha value is -1.06. The summed E-state index contributed by atoms with van der Waals surface area (Å²) >= 11 is 14.0. The number of thiophene rings is 1. The fourth-order valence-corrected chi connectivity index (χ4v) is 3.75. The van der Waals surface area contributed by atoms with Gasteiger partial charge in [-0.15, -0.1) is 11.3 Å². The first-order valence-electron chi connectivity index (χ1n) is 6.31. The first kappa shape index (κ1) is 13.9. The molecule has 2 N–H and O–H groups in total. The minimum absolute atomic E-state index is 0.0814. The zero-order valence-corrected chi connectivity index (χ0v) is 13.0. The molecular weight excluding hydrogens is 309 g/mol. The molecule has 0 amide bonds. The quantitative estimate of drug-likeness (QED) is 0.681. The molecule has 1 aromatic heterocycles. The maximum Gasteiger partial charge on any atom is 0.0439 e. The van der Waals surface area contributed by atoms with Gasteiger partial charge in [0.15, 0.2) is 0 Å². The van der Waals surface area contributed by atoms with Crippen molar-refractivity contribution >= 4 is 44.6 Å². The third-order valence-corrected chi connectivity index (χ3v) is 4.94. The van der Waals surface area contributed by atoms with Gasteiger partial charge in [-0.05, 0) is 52.6 Å². The second-order valence-corrected chi connectivity index (χ2v) is 6.49. The summed E-state index contributed by atoms with van der Waals surface area (Å²) in [5.41, 5.74) is 8.52. The van der Waals surface area contributed by atoms with E-state index in [2.05, 4.69) is 17.5 Å². The van der Waals surface area contributed by atoms with E-state index in [1.165, 1.54) is 15.6 Å². The summed E-state index contributed by atoms with van der Waals surface area (Å²) in [6.45, 7) is 0. The third kappa shape index (κ3) is 2.70. The number of nitrogens with two attached hydrogens (primary N) is 1. The van der Waals surface area contributed by atoms with E-state index in [1.54, 1.807) is 17.4 Å². The van der Waals surface area contributed by atoms with Crippen LogP contribution >= 0.6 is 34.5 Å². The van der Waals surface area contributed by atoms with Crippen molar-refractivity contribution in [2.24, 2.45) is 5.73 Å². The number of hydrogen-bond acceptors (Lipinski definition) is 2. The summed E-state index contributed by atoms with van der Waals surface area (Å²) in [5.74, 6) is 0. The van der Waals surface area contributed by atoms with Crippen LogP contribution in [0.2, 0.25) is 10.0 Å². The van der Waals surface area contributed by atoms with Crippen molar-refractivity contribution in [1.29, 1.82) is 0 Å². The standard InChI is InChI=1S/C16H13Cl2NS/c17-11-5-6-14(18)10(7-11)8-15(19)13-9-20-16-4-2-1-3-12(13)16/h1-7,9,15H,8,19H2. The zero-order chi connectivity index (χ0) is 14.1. The van der Waals surface area contributed by atoms with E-state index in [9.17, 15) is 0 Å². The van der Waals surface area contributed by atoms with Crippen LogP contribution in [0.5, 0.6) is 0 Å². The number of hydrogen-bond donors (Lipinski definition) is 1. The van der Waals surface area contributed by atoms with Gasteiger partial charge in [0.1, 0.15) is 0 Å². The van der Waals surface area contributed by atoms with Crippen LogP contribution in [-0.2, 0) is 6.42 Å². The number of rotatable bonds is 3. The second kappa shape index (κ2) is 5.74. The molecule has 2 aromatic carbocycles. The van der Waals surface area contributed by atoms with Crippen LogP contribution in [0.3, 0.4) is 0 Å². The van der Waals surface area contributed by atoms with Crippen LogP contribution < -0.4 is 5.73 Å². The van der Waals surface area contributed by atoms with Crippen molar-refractivity contribution < 1.29 is 0 Å². The Morgan fingerprint density at radius 2 is 1.90 bits per heavy atom. The Morgan fingerprint density at radius 3 is 2.75 bits per heavy atom. The van der Waals surface area contributed by atoms with Crippen LogP contribution in [0.1, 0.15) is 17.2 Å². The fourth-order valence-electron chi connectivity index (χ4n) is 2.33. The Kier molecular flexibility index (Phi) is 3.99. The van der Waals surface area contributed by atoms with Crippen molar-refractivity contribution in [3.8, 4) is 0 Å². The lowest BCUT2D eigenvalue weighted by molar-refractivity contribution is 0.730. The fraction of sp³-hybridized carbons (Fsp3) is 0.125. The lowest BCUT2D eigenvalue weighted by Crippen LogP contribution is -2.13. The number of halogens is 2. The molecule has 0 aliphatic carbocycles. The number of fused-ring (bicyclic) bond motifs is 1. The predicted molar refractivity (Wildman–Crippen MR) is 88.9 cm³/mol. The molecule has 1 unspecified atom stereocenters. The second-order valence-electron chi connectivity index (χ2n) is 4.73. The predicted octanol–water partition coefficient (Wildman–Crippen LogP) is 5.45. The zero-order valence-electron chi connectivity index (χ0n) is 10.6. The smallest absolute Gasteiger partial charge is 0.0439 e. The summed E-state index contributed by atoms with van der Waals surface area (Å²) in [4.78, 5) is 0. The lowest BCUT2D eigenvalue weighted by atomic mass is 9.99. The van der Waals surface area contributed by atoms with Crippen molar-refractivity contribution in [1.82, 2.24) is 0 Å². The molecule has 20 heavy (non-hydrogen) atoms. The van der Waals surface area contributed by atoms with Crippen molar-refractivity contribution in [2.45, 2.75) is 12.5 Å². The highest BCUT2D eigenvalue weighted by atomic mass is 35.5. The van der Waals surface area contributed by atoms with E-state index in [0.29, 0.717) is 16.5 Å². The summed E-state index contributed by atoms with van der Waals surface area (Å²) in [6.07, 6.45) is 0.681. The molecule has 4 heteroatoms. The summed E-state index contributed by atoms with van der Waals surface area (Å²) in [7, 11) is 0. The van der Waals surface area contributed by atoms with Crippen molar-refractivity contribution in [3.63, 3.8) is 0 Å². The summed E-state index contributed by atoms with van der Waals surface area (Å²) in [5, 5.41) is 4.76. The van der Waals surface area contributed by atoms with Gasteiger partial charge in [-0.3, -0.25) is 0 Å². The molecule has 3 rings (SSSR count). The van der Waals surface area contributed by atoms with E-state index in [4.69, 9.17) is 28.9 Å². The van der Waals surface area contributed by atoms with Crippen LogP contribution in [0.4, 0.5) is 0 Å². The molecule has 1 atom stereocenters. The average molecular weight is 322 g/mol. The van der Waals surface area contributed by atoms with Crippen molar-refractivity contribution in [3.05, 3.63) is 69.0 Å². The van der Waals surface area contributed by atoms with E-state index >= 15 is 0 Å². The van der Waals surface area contributed by atoms with Crippen molar-refractivity contribution in [2.75, 3.05) is 0 Å². The van der Waals surface area contributed by atoms with Gasteiger partial charge in [-0.1, -0.05) is 41.4 Å². The number of benzene rings is 2. The molecule has 1 nitrogen and oxygen atoms in total. The highest BCUT2D eigenvalue weighted by Crippen LogP contribution is 2.32. The minimum atomic E-state index is -0.0814. The van der Waals surface area contributed by atoms with Gasteiger partial charge in [0, 0.05) is 20.8 Å². The topological polar surface area (TPSA) is 26.0 Å². The van der Waals surface area contributed by atoms with Crippen LogP contribution in [-0.4, -0.2) is 0 Å². The van der Waals surface area contributed by atoms with Gasteiger partial charge in [0.05, 0.1) is 0 Å². The molecule has 102 valence electrons. The maximum absolute atomic E-state index is 6.36. The molecule has 0 saturated heterocycles. The van der Waals surface area contributed by atoms with E-state index < -0.39 is 0 Å². The van der Waals surface area contributed by atoms with E-state index in [0.717, 1.165) is 5.56 Å². The minimum Gasteiger partial charge on any atom is -0.324 e. The Bertz CT molecular complexity index is 751. The highest BCUT2D eigenvalue weighted by molar-refractivity contribution is 7.17. The first-order valence-corrected chi connectivity index (χ1v) is 7.94. The Balaban J connectivity index is 1.93. The summed E-state index contributed by atoms with van der Waals surface area (Å²) < 4.78 is 1.26. The van der Waals surface area contributed by atoms with Gasteiger partial charge < -0.3 is 5.73 Å². The van der Waals surface area contributed by atoms with E-state index in [-0.39, 0.29) is 6.04 Å². The molecule has 0 aliphatic rings. The van der Waals surface area contributed by atoms with Crippen LogP contribution in [0.25, 0.3) is 10.1 Å². The average Bonchev–Trinajstić information content (AvgIpc) is 2.87. The Labute approximate surface area is 131 Å². The van der Waals surface area contributed by atoms with Crippen LogP contribution in [0.15, 0.2) is 47.8 Å². The maximum atomic E-state index is 6.36. The molecule has 0 radical (unpaired) electrons. The molecule has 3 aromatic rings. The van der Waals surface area contributed by atoms with Gasteiger partial charge in [0.25, 0.3) is 0 Å². The molecule has 1 heterocycles. The third-order valence-electron chi connectivity index (χ3n) is 3.36. The molecule has 0 spiro atoms. The molecule has 0 bridgehead atoms. The monoisotopic (exact) mass is 321 g/mol. The van der Waals surface area contributed by atoms with Gasteiger partial charge in [-0.2, -0.15) is 0 Å². The summed E-state index contributed by atoms with van der Waals surface area (Å²) in [6, 6.07) is 13.7. The highest BCUT2D eigenvalue weighted by Gasteiger charge is 2.14. The SMILES string of the molecule is NC(Cc1cc(Cl)ccc1Cl)c1csc2ccccc12. The van der Waals surface area contributed by atoms with Crippen LogP contribution in [0, 0.1) is 0 Å². The largest absolute Gasteiger partial charge is 0.324 e. The molecular formula is C16H13Cl2NS. The van der Waals surface area contributed by atoms with Gasteiger partial charge in [0.2, 0.25) is 0 Å². The van der Waals surface area contributed by atoms with E-state index in [1.807, 2.05) is 24.3 Å². The van der Waals surface area contributed by atoms with Gasteiger partial charge >= 0.3 is 0 Å².